The number of rotatable bonds is 8. The lowest BCUT2D eigenvalue weighted by Gasteiger charge is -2.05. The molecule has 0 saturated heterocycles. The molecule has 0 aromatic heterocycles. The maximum atomic E-state index is 5.65. The van der Waals surface area contributed by atoms with E-state index in [0.29, 0.717) is 0 Å². The largest absolute Gasteiger partial charge is 1.00 e. The summed E-state index contributed by atoms with van der Waals surface area (Å²) < 4.78 is 5.65. The van der Waals surface area contributed by atoms with Crippen LogP contribution in [0, 0.1) is 0 Å². The van der Waals surface area contributed by atoms with Crippen LogP contribution in [-0.2, 0) is 11.3 Å². The van der Waals surface area contributed by atoms with Crippen molar-refractivity contribution in [2.75, 3.05) is 13.2 Å². The van der Waals surface area contributed by atoms with Crippen molar-refractivity contribution < 1.29 is 27.0 Å². The van der Waals surface area contributed by atoms with Gasteiger partial charge < -0.3 is 27.0 Å². The van der Waals surface area contributed by atoms with Crippen LogP contribution in [0.3, 0.4) is 0 Å². The smallest absolute Gasteiger partial charge is 0.101 e. The van der Waals surface area contributed by atoms with Crippen LogP contribution >= 0.6 is 0 Å². The first-order valence-electron chi connectivity index (χ1n) is 6.79. The molecule has 3 heteroatoms. The van der Waals surface area contributed by atoms with Crippen LogP contribution in [0.4, 0.5) is 0 Å². The first-order chi connectivity index (χ1) is 8.70. The zero-order valence-corrected chi connectivity index (χ0v) is 13.9. The van der Waals surface area contributed by atoms with Crippen molar-refractivity contribution in [3.63, 3.8) is 0 Å². The van der Waals surface area contributed by atoms with Crippen molar-refractivity contribution in [1.29, 1.82) is 0 Å². The van der Waals surface area contributed by atoms with Crippen LogP contribution in [0.25, 0.3) is 0 Å². The van der Waals surface area contributed by atoms with Crippen LogP contribution in [-0.4, -0.2) is 13.2 Å². The van der Waals surface area contributed by atoms with E-state index in [9.17, 15) is 0 Å². The first-order valence-corrected chi connectivity index (χ1v) is 6.79. The van der Waals surface area contributed by atoms with Crippen LogP contribution in [0.1, 0.15) is 39.2 Å². The highest BCUT2D eigenvalue weighted by Crippen LogP contribution is 2.01. The Balaban J connectivity index is 0.00000324. The molecule has 0 heterocycles. The summed E-state index contributed by atoms with van der Waals surface area (Å²) in [6.07, 6.45) is 2.35. The van der Waals surface area contributed by atoms with Gasteiger partial charge in [0.25, 0.3) is 0 Å². The van der Waals surface area contributed by atoms with E-state index >= 15 is 0 Å². The van der Waals surface area contributed by atoms with Crippen LogP contribution in [0.5, 0.6) is 0 Å². The van der Waals surface area contributed by atoms with E-state index in [1.54, 1.807) is 0 Å². The van der Waals surface area contributed by atoms with Gasteiger partial charge in [-0.25, -0.2) is 0 Å². The Morgan fingerprint density at radius 2 is 1.74 bits per heavy atom. The molecule has 0 radical (unpaired) electrons. The minimum Gasteiger partial charge on any atom is -1.00 e. The molecule has 1 rings (SSSR count). The predicted molar refractivity (Wildman–Crippen MR) is 76.2 cm³/mol. The second kappa shape index (κ2) is 11.2. The Bertz CT molecular complexity index is 358. The van der Waals surface area contributed by atoms with Gasteiger partial charge in [-0.15, -0.1) is 0 Å². The number of hydrogen-bond donors (Lipinski definition) is 1. The molecule has 0 atom stereocenters. The normalized spacial score (nSPS) is 9.84. The fraction of sp³-hybridized carbons (Fsp3) is 0.500. The quantitative estimate of drug-likeness (QED) is 0.661. The van der Waals surface area contributed by atoms with Crippen molar-refractivity contribution in [2.24, 2.45) is 0 Å². The Kier molecular flexibility index (Phi) is 10.8. The average molecular weight is 328 g/mol. The van der Waals surface area contributed by atoms with Gasteiger partial charge in [-0.3, -0.25) is 0 Å². The number of halogens is 1. The summed E-state index contributed by atoms with van der Waals surface area (Å²) >= 11 is 0. The highest BCUT2D eigenvalue weighted by molar-refractivity contribution is 5.13. The van der Waals surface area contributed by atoms with Gasteiger partial charge >= 0.3 is 0 Å². The zero-order chi connectivity index (χ0) is 13.2. The van der Waals surface area contributed by atoms with E-state index in [1.807, 2.05) is 6.07 Å². The summed E-state index contributed by atoms with van der Waals surface area (Å²) in [7, 11) is 0. The fourth-order valence-corrected chi connectivity index (χ4v) is 1.64. The molecule has 0 bridgehead atoms. The maximum Gasteiger partial charge on any atom is 0.101 e. The lowest BCUT2D eigenvalue weighted by Crippen LogP contribution is -3.00. The minimum absolute atomic E-state index is 0. The van der Waals surface area contributed by atoms with Crippen molar-refractivity contribution >= 4 is 0 Å². The lowest BCUT2D eigenvalue weighted by atomic mass is 10.2. The van der Waals surface area contributed by atoms with E-state index in [1.165, 1.54) is 23.3 Å². The third-order valence-corrected chi connectivity index (χ3v) is 3.09. The SMILES string of the molecule is CC(C)=C(C)[NH2+]CCCCOCc1ccccc1.[Br-]. The molecule has 0 amide bonds. The van der Waals surface area contributed by atoms with Crippen molar-refractivity contribution in [3.8, 4) is 0 Å². The summed E-state index contributed by atoms with van der Waals surface area (Å²) in [5, 5.41) is 2.33. The van der Waals surface area contributed by atoms with Gasteiger partial charge in [0, 0.05) is 13.5 Å². The molecule has 108 valence electrons. The Hall–Kier alpha value is -0.640. The number of allylic oxidation sites excluding steroid dienone is 2. The minimum atomic E-state index is 0. The fourth-order valence-electron chi connectivity index (χ4n) is 1.64. The second-order valence-electron chi connectivity index (χ2n) is 4.92. The van der Waals surface area contributed by atoms with Crippen LogP contribution < -0.4 is 22.3 Å². The molecule has 0 unspecified atom stereocenters. The number of hydrogen-bond acceptors (Lipinski definition) is 1. The number of nitrogens with two attached hydrogens (primary N) is 1. The van der Waals surface area contributed by atoms with Crippen molar-refractivity contribution in [2.45, 2.75) is 40.2 Å². The molecule has 2 N–H and O–H groups in total. The summed E-state index contributed by atoms with van der Waals surface area (Å²) in [5.74, 6) is 0. The van der Waals surface area contributed by atoms with E-state index in [-0.39, 0.29) is 17.0 Å². The van der Waals surface area contributed by atoms with E-state index < -0.39 is 0 Å². The molecule has 0 aliphatic carbocycles. The molecule has 0 spiro atoms. The summed E-state index contributed by atoms with van der Waals surface area (Å²) in [5.41, 5.74) is 4.08. The van der Waals surface area contributed by atoms with Gasteiger partial charge in [0.1, 0.15) is 5.70 Å². The molecule has 1 aromatic carbocycles. The lowest BCUT2D eigenvalue weighted by molar-refractivity contribution is -0.607. The molecule has 0 saturated carbocycles. The number of ether oxygens (including phenoxy) is 1. The highest BCUT2D eigenvalue weighted by Gasteiger charge is 1.97. The van der Waals surface area contributed by atoms with Gasteiger partial charge in [-0.05, 0) is 37.8 Å². The van der Waals surface area contributed by atoms with Gasteiger partial charge in [-0.2, -0.15) is 0 Å². The van der Waals surface area contributed by atoms with Crippen molar-refractivity contribution in [3.05, 3.63) is 47.2 Å². The molecular weight excluding hydrogens is 302 g/mol. The molecule has 0 aliphatic heterocycles. The molecule has 0 fully saturated rings. The summed E-state index contributed by atoms with van der Waals surface area (Å²) in [6, 6.07) is 10.3. The third kappa shape index (κ3) is 8.98. The van der Waals surface area contributed by atoms with E-state index in [4.69, 9.17) is 4.74 Å². The number of quaternary nitrogens is 1. The Labute approximate surface area is 128 Å². The first kappa shape index (κ1) is 18.4. The predicted octanol–water partition coefficient (Wildman–Crippen LogP) is -0.135. The molecular formula is C16H26BrNO. The monoisotopic (exact) mass is 327 g/mol. The summed E-state index contributed by atoms with van der Waals surface area (Å²) in [4.78, 5) is 0. The highest BCUT2D eigenvalue weighted by atomic mass is 79.9. The average Bonchev–Trinajstić information content (AvgIpc) is 2.38. The second-order valence-corrected chi connectivity index (χ2v) is 4.92. The van der Waals surface area contributed by atoms with Crippen molar-refractivity contribution in [1.82, 2.24) is 0 Å². The third-order valence-electron chi connectivity index (χ3n) is 3.09. The summed E-state index contributed by atoms with van der Waals surface area (Å²) in [6.45, 7) is 9.25. The molecule has 2 nitrogen and oxygen atoms in total. The standard InChI is InChI=1S/C16H25NO.BrH/c1-14(2)15(3)17-11-7-8-12-18-13-16-9-5-4-6-10-16;/h4-6,9-10,17H,7-8,11-13H2,1-3H3;1H. The van der Waals surface area contributed by atoms with Gasteiger partial charge in [-0.1, -0.05) is 30.3 Å². The van der Waals surface area contributed by atoms with Gasteiger partial charge in [0.05, 0.1) is 13.2 Å². The maximum absolute atomic E-state index is 5.65. The molecule has 19 heavy (non-hydrogen) atoms. The van der Waals surface area contributed by atoms with Crippen LogP contribution in [0.15, 0.2) is 41.6 Å². The van der Waals surface area contributed by atoms with Gasteiger partial charge in [0.2, 0.25) is 0 Å². The molecule has 1 aromatic rings. The topological polar surface area (TPSA) is 25.8 Å². The van der Waals surface area contributed by atoms with E-state index in [2.05, 4.69) is 50.4 Å². The zero-order valence-electron chi connectivity index (χ0n) is 12.3. The Morgan fingerprint density at radius 1 is 1.05 bits per heavy atom. The molecule has 0 aliphatic rings. The van der Waals surface area contributed by atoms with E-state index in [0.717, 1.165) is 26.2 Å². The van der Waals surface area contributed by atoms with Crippen LogP contribution in [0.2, 0.25) is 0 Å². The number of unbranched alkanes of at least 4 members (excludes halogenated alkanes) is 1. The Morgan fingerprint density at radius 3 is 2.37 bits per heavy atom. The number of benzene rings is 1. The van der Waals surface area contributed by atoms with Gasteiger partial charge in [0.15, 0.2) is 0 Å².